The van der Waals surface area contributed by atoms with Gasteiger partial charge in [0.05, 0.1) is 23.8 Å². The van der Waals surface area contributed by atoms with Gasteiger partial charge in [-0.05, 0) is 18.1 Å². The summed E-state index contributed by atoms with van der Waals surface area (Å²) in [5, 5.41) is 0. The van der Waals surface area contributed by atoms with Crippen molar-refractivity contribution >= 4 is 11.0 Å². The van der Waals surface area contributed by atoms with Gasteiger partial charge >= 0.3 is 0 Å². The Hall–Kier alpha value is -1.64. The Labute approximate surface area is 89.1 Å². The second-order valence-electron chi connectivity index (χ2n) is 3.90. The molecular formula is C12H14N2O. The third-order valence-corrected chi connectivity index (χ3v) is 1.99. The minimum atomic E-state index is 0.498. The molecule has 15 heavy (non-hydrogen) atoms. The van der Waals surface area contributed by atoms with Crippen molar-refractivity contribution in [2.75, 3.05) is 6.61 Å². The molecule has 1 heterocycles. The van der Waals surface area contributed by atoms with Crippen molar-refractivity contribution in [2.24, 2.45) is 5.92 Å². The average Bonchev–Trinajstić information content (AvgIpc) is 2.26. The highest BCUT2D eigenvalue weighted by Gasteiger charge is 2.00. The number of nitrogens with zero attached hydrogens (tertiary/aromatic N) is 2. The van der Waals surface area contributed by atoms with Crippen LogP contribution in [0, 0.1) is 5.92 Å². The molecule has 0 N–H and O–H groups in total. The Bertz CT molecular complexity index is 454. The molecule has 0 aliphatic heterocycles. The van der Waals surface area contributed by atoms with Gasteiger partial charge in [-0.25, -0.2) is 9.97 Å². The molecule has 0 saturated carbocycles. The van der Waals surface area contributed by atoms with Gasteiger partial charge in [-0.1, -0.05) is 26.0 Å². The maximum Gasteiger partial charge on any atom is 0.232 e. The predicted octanol–water partition coefficient (Wildman–Crippen LogP) is 2.66. The molecule has 1 aromatic heterocycles. The fraction of sp³-hybridized carbons (Fsp3) is 0.333. The van der Waals surface area contributed by atoms with Gasteiger partial charge in [-0.15, -0.1) is 0 Å². The number of hydrogen-bond acceptors (Lipinski definition) is 3. The van der Waals surface area contributed by atoms with Gasteiger partial charge in [0.15, 0.2) is 0 Å². The molecule has 0 atom stereocenters. The fourth-order valence-corrected chi connectivity index (χ4v) is 1.26. The van der Waals surface area contributed by atoms with E-state index in [-0.39, 0.29) is 0 Å². The lowest BCUT2D eigenvalue weighted by Crippen LogP contribution is -2.05. The summed E-state index contributed by atoms with van der Waals surface area (Å²) in [5.74, 6) is 1.10. The molecule has 0 fully saturated rings. The van der Waals surface area contributed by atoms with Crippen LogP contribution in [0.4, 0.5) is 0 Å². The van der Waals surface area contributed by atoms with Gasteiger partial charge in [0, 0.05) is 0 Å². The third-order valence-electron chi connectivity index (χ3n) is 1.99. The highest BCUT2D eigenvalue weighted by molar-refractivity contribution is 5.73. The van der Waals surface area contributed by atoms with E-state index in [0.717, 1.165) is 11.0 Å². The first kappa shape index (κ1) is 9.90. The maximum absolute atomic E-state index is 5.50. The van der Waals surface area contributed by atoms with Crippen LogP contribution < -0.4 is 4.74 Å². The van der Waals surface area contributed by atoms with E-state index in [9.17, 15) is 0 Å². The number of ether oxygens (including phenoxy) is 1. The first-order chi connectivity index (χ1) is 7.25. The molecule has 3 heteroatoms. The molecule has 0 amide bonds. The second kappa shape index (κ2) is 4.26. The molecule has 78 valence electrons. The minimum absolute atomic E-state index is 0.498. The average molecular weight is 202 g/mol. The van der Waals surface area contributed by atoms with Crippen molar-refractivity contribution in [3.63, 3.8) is 0 Å². The molecule has 0 radical (unpaired) electrons. The lowest BCUT2D eigenvalue weighted by atomic mass is 10.2. The zero-order chi connectivity index (χ0) is 10.7. The van der Waals surface area contributed by atoms with Crippen LogP contribution in [0.15, 0.2) is 30.5 Å². The van der Waals surface area contributed by atoms with Crippen LogP contribution in [0.3, 0.4) is 0 Å². The van der Waals surface area contributed by atoms with Gasteiger partial charge in [-0.3, -0.25) is 0 Å². The quantitative estimate of drug-likeness (QED) is 0.767. The highest BCUT2D eigenvalue weighted by Crippen LogP contribution is 2.13. The molecule has 0 saturated heterocycles. The van der Waals surface area contributed by atoms with E-state index in [4.69, 9.17) is 4.74 Å². The van der Waals surface area contributed by atoms with Crippen molar-refractivity contribution in [1.82, 2.24) is 9.97 Å². The largest absolute Gasteiger partial charge is 0.476 e. The number of rotatable bonds is 3. The van der Waals surface area contributed by atoms with E-state index in [2.05, 4.69) is 23.8 Å². The lowest BCUT2D eigenvalue weighted by Gasteiger charge is -2.07. The van der Waals surface area contributed by atoms with Gasteiger partial charge in [0.1, 0.15) is 0 Å². The van der Waals surface area contributed by atoms with Gasteiger partial charge < -0.3 is 4.74 Å². The SMILES string of the molecule is CC(C)COc1cnc2ccccc2n1. The molecule has 0 spiro atoms. The molecular weight excluding hydrogens is 188 g/mol. The fourth-order valence-electron chi connectivity index (χ4n) is 1.26. The second-order valence-corrected chi connectivity index (χ2v) is 3.90. The molecule has 2 aromatic rings. The first-order valence-corrected chi connectivity index (χ1v) is 5.10. The van der Waals surface area contributed by atoms with Crippen molar-refractivity contribution in [1.29, 1.82) is 0 Å². The molecule has 0 unspecified atom stereocenters. The van der Waals surface area contributed by atoms with Gasteiger partial charge in [0.25, 0.3) is 0 Å². The Morgan fingerprint density at radius 1 is 1.20 bits per heavy atom. The molecule has 1 aromatic carbocycles. The predicted molar refractivity (Wildman–Crippen MR) is 59.9 cm³/mol. The standard InChI is InChI=1S/C12H14N2O/c1-9(2)8-15-12-7-13-10-5-3-4-6-11(10)14-12/h3-7,9H,8H2,1-2H3. The molecule has 0 aliphatic carbocycles. The van der Waals surface area contributed by atoms with Crippen molar-refractivity contribution in [2.45, 2.75) is 13.8 Å². The van der Waals surface area contributed by atoms with E-state index >= 15 is 0 Å². The number of aromatic nitrogens is 2. The Morgan fingerprint density at radius 3 is 2.67 bits per heavy atom. The molecule has 2 rings (SSSR count). The molecule has 0 aliphatic rings. The van der Waals surface area contributed by atoms with Crippen molar-refractivity contribution < 1.29 is 4.74 Å². The number of fused-ring (bicyclic) bond motifs is 1. The van der Waals surface area contributed by atoms with E-state index < -0.39 is 0 Å². The van der Waals surface area contributed by atoms with Gasteiger partial charge in [-0.2, -0.15) is 0 Å². The maximum atomic E-state index is 5.50. The summed E-state index contributed by atoms with van der Waals surface area (Å²) in [6.45, 7) is 4.88. The monoisotopic (exact) mass is 202 g/mol. The van der Waals surface area contributed by atoms with Crippen LogP contribution in [-0.4, -0.2) is 16.6 Å². The third kappa shape index (κ3) is 2.43. The highest BCUT2D eigenvalue weighted by atomic mass is 16.5. The van der Waals surface area contributed by atoms with Crippen LogP contribution in [-0.2, 0) is 0 Å². The zero-order valence-corrected chi connectivity index (χ0v) is 8.97. The summed E-state index contributed by atoms with van der Waals surface area (Å²) in [7, 11) is 0. The van der Waals surface area contributed by atoms with Crippen LogP contribution in [0.2, 0.25) is 0 Å². The summed E-state index contributed by atoms with van der Waals surface area (Å²) < 4.78 is 5.50. The van der Waals surface area contributed by atoms with Crippen molar-refractivity contribution in [3.05, 3.63) is 30.5 Å². The normalized spacial score (nSPS) is 10.9. The zero-order valence-electron chi connectivity index (χ0n) is 8.97. The Kier molecular flexibility index (Phi) is 2.81. The summed E-state index contributed by atoms with van der Waals surface area (Å²) in [6.07, 6.45) is 1.67. The smallest absolute Gasteiger partial charge is 0.232 e. The van der Waals surface area contributed by atoms with Gasteiger partial charge in [0.2, 0.25) is 5.88 Å². The summed E-state index contributed by atoms with van der Waals surface area (Å²) >= 11 is 0. The Balaban J connectivity index is 2.23. The summed E-state index contributed by atoms with van der Waals surface area (Å²) in [6, 6.07) is 7.77. The van der Waals surface area contributed by atoms with E-state index in [1.165, 1.54) is 0 Å². The van der Waals surface area contributed by atoms with E-state index in [1.54, 1.807) is 6.20 Å². The van der Waals surface area contributed by atoms with Crippen LogP contribution in [0.5, 0.6) is 5.88 Å². The topological polar surface area (TPSA) is 35.0 Å². The van der Waals surface area contributed by atoms with Crippen LogP contribution in [0.1, 0.15) is 13.8 Å². The van der Waals surface area contributed by atoms with Crippen LogP contribution in [0.25, 0.3) is 11.0 Å². The molecule has 0 bridgehead atoms. The lowest BCUT2D eigenvalue weighted by molar-refractivity contribution is 0.261. The number of para-hydroxylation sites is 2. The van der Waals surface area contributed by atoms with Crippen molar-refractivity contribution in [3.8, 4) is 5.88 Å². The molecule has 3 nitrogen and oxygen atoms in total. The first-order valence-electron chi connectivity index (χ1n) is 5.10. The summed E-state index contributed by atoms with van der Waals surface area (Å²) in [5.41, 5.74) is 1.77. The van der Waals surface area contributed by atoms with E-state index in [1.807, 2.05) is 24.3 Å². The summed E-state index contributed by atoms with van der Waals surface area (Å²) in [4.78, 5) is 8.63. The van der Waals surface area contributed by atoms with Crippen LogP contribution >= 0.6 is 0 Å². The number of benzene rings is 1. The minimum Gasteiger partial charge on any atom is -0.476 e. The Morgan fingerprint density at radius 2 is 1.93 bits per heavy atom. The van der Waals surface area contributed by atoms with E-state index in [0.29, 0.717) is 18.4 Å². The number of hydrogen-bond donors (Lipinski definition) is 0.